The Hall–Kier alpha value is -1.09. The molecule has 14 heavy (non-hydrogen) atoms. The molecule has 0 saturated heterocycles. The summed E-state index contributed by atoms with van der Waals surface area (Å²) < 4.78 is 0. The summed E-state index contributed by atoms with van der Waals surface area (Å²) >= 11 is 5.63. The monoisotopic (exact) mass is 212 g/mol. The second-order valence-corrected chi connectivity index (χ2v) is 3.23. The minimum Gasteiger partial charge on any atom is -0.339 e. The van der Waals surface area contributed by atoms with Crippen LogP contribution < -0.4 is 0 Å². The Morgan fingerprint density at radius 3 is 2.50 bits per heavy atom. The van der Waals surface area contributed by atoms with Gasteiger partial charge in [0.1, 0.15) is 5.15 Å². The predicted molar refractivity (Wildman–Crippen MR) is 56.5 cm³/mol. The molecule has 0 fully saturated rings. The maximum Gasteiger partial charge on any atom is 0.255 e. The molecule has 0 aliphatic heterocycles. The third kappa shape index (κ3) is 2.45. The minimum absolute atomic E-state index is 0.000772. The largest absolute Gasteiger partial charge is 0.339 e. The zero-order valence-corrected chi connectivity index (χ0v) is 9.08. The molecule has 0 bridgehead atoms. The number of halogens is 1. The van der Waals surface area contributed by atoms with Crippen molar-refractivity contribution in [3.63, 3.8) is 0 Å². The van der Waals surface area contributed by atoms with Crippen LogP contribution >= 0.6 is 11.6 Å². The van der Waals surface area contributed by atoms with Crippen LogP contribution in [0.25, 0.3) is 0 Å². The van der Waals surface area contributed by atoms with Gasteiger partial charge in [-0.2, -0.15) is 0 Å². The van der Waals surface area contributed by atoms with Gasteiger partial charge in [-0.05, 0) is 26.0 Å². The number of hydrogen-bond donors (Lipinski definition) is 0. The number of carbonyl (C=O) groups is 1. The van der Waals surface area contributed by atoms with E-state index in [1.165, 1.54) is 6.20 Å². The first kappa shape index (κ1) is 11.0. The van der Waals surface area contributed by atoms with Crippen molar-refractivity contribution < 1.29 is 4.79 Å². The van der Waals surface area contributed by atoms with Crippen LogP contribution in [0.4, 0.5) is 0 Å². The van der Waals surface area contributed by atoms with Gasteiger partial charge in [-0.15, -0.1) is 0 Å². The van der Waals surface area contributed by atoms with Crippen molar-refractivity contribution in [2.75, 3.05) is 13.1 Å². The van der Waals surface area contributed by atoms with Crippen LogP contribution in [-0.4, -0.2) is 28.9 Å². The highest BCUT2D eigenvalue weighted by Gasteiger charge is 2.11. The average Bonchev–Trinajstić information content (AvgIpc) is 2.20. The Bertz CT molecular complexity index is 306. The second-order valence-electron chi connectivity index (χ2n) is 2.85. The summed E-state index contributed by atoms with van der Waals surface area (Å²) in [5.74, 6) is -0.000772. The lowest BCUT2D eigenvalue weighted by Crippen LogP contribution is -2.30. The Balaban J connectivity index is 2.83. The summed E-state index contributed by atoms with van der Waals surface area (Å²) in [6.07, 6.45) is 1.50. The van der Waals surface area contributed by atoms with Crippen molar-refractivity contribution in [2.24, 2.45) is 0 Å². The number of amides is 1. The molecule has 3 nitrogen and oxygen atoms in total. The molecular weight excluding hydrogens is 200 g/mol. The summed E-state index contributed by atoms with van der Waals surface area (Å²) in [6.45, 7) is 5.31. The summed E-state index contributed by atoms with van der Waals surface area (Å²) in [7, 11) is 0. The normalized spacial score (nSPS) is 9.93. The highest BCUT2D eigenvalue weighted by Crippen LogP contribution is 2.07. The van der Waals surface area contributed by atoms with Crippen LogP contribution in [0.1, 0.15) is 24.2 Å². The van der Waals surface area contributed by atoms with Crippen molar-refractivity contribution in [1.29, 1.82) is 0 Å². The number of carbonyl (C=O) groups excluding carboxylic acids is 1. The molecule has 1 rings (SSSR count). The Morgan fingerprint density at radius 2 is 2.07 bits per heavy atom. The molecule has 1 heterocycles. The minimum atomic E-state index is -0.000772. The lowest BCUT2D eigenvalue weighted by molar-refractivity contribution is 0.0772. The maximum atomic E-state index is 11.8. The van der Waals surface area contributed by atoms with E-state index in [1.54, 1.807) is 17.0 Å². The molecule has 76 valence electrons. The SMILES string of the molecule is CCN(CC)C(=O)c1ccc(Cl)nc1. The molecule has 0 unspecified atom stereocenters. The number of rotatable bonds is 3. The predicted octanol–water partition coefficient (Wildman–Crippen LogP) is 2.22. The Morgan fingerprint density at radius 1 is 1.43 bits per heavy atom. The summed E-state index contributed by atoms with van der Waals surface area (Å²) in [5.41, 5.74) is 0.582. The number of pyridine rings is 1. The van der Waals surface area contributed by atoms with E-state index in [-0.39, 0.29) is 5.91 Å². The van der Waals surface area contributed by atoms with Gasteiger partial charge < -0.3 is 4.90 Å². The molecule has 1 aromatic heterocycles. The molecule has 1 aromatic rings. The van der Waals surface area contributed by atoms with E-state index in [2.05, 4.69) is 4.98 Å². The molecule has 0 aromatic carbocycles. The van der Waals surface area contributed by atoms with Crippen molar-refractivity contribution in [1.82, 2.24) is 9.88 Å². The van der Waals surface area contributed by atoms with Crippen LogP contribution in [0, 0.1) is 0 Å². The van der Waals surface area contributed by atoms with E-state index in [0.717, 1.165) is 0 Å². The van der Waals surface area contributed by atoms with Crippen molar-refractivity contribution in [3.05, 3.63) is 29.0 Å². The highest BCUT2D eigenvalue weighted by molar-refractivity contribution is 6.29. The first-order chi connectivity index (χ1) is 6.69. The average molecular weight is 213 g/mol. The van der Waals surface area contributed by atoms with E-state index in [4.69, 9.17) is 11.6 Å². The molecule has 0 saturated carbocycles. The van der Waals surface area contributed by atoms with Gasteiger partial charge in [0.15, 0.2) is 0 Å². The summed E-state index contributed by atoms with van der Waals surface area (Å²) in [6, 6.07) is 3.31. The van der Waals surface area contributed by atoms with Crippen molar-refractivity contribution >= 4 is 17.5 Å². The highest BCUT2D eigenvalue weighted by atomic mass is 35.5. The topological polar surface area (TPSA) is 33.2 Å². The maximum absolute atomic E-state index is 11.8. The smallest absolute Gasteiger partial charge is 0.255 e. The third-order valence-electron chi connectivity index (χ3n) is 2.02. The fourth-order valence-corrected chi connectivity index (χ4v) is 1.31. The van der Waals surface area contributed by atoms with E-state index in [9.17, 15) is 4.79 Å². The van der Waals surface area contributed by atoms with E-state index in [0.29, 0.717) is 23.8 Å². The van der Waals surface area contributed by atoms with Crippen LogP contribution in [0.15, 0.2) is 18.3 Å². The molecule has 0 aliphatic rings. The number of hydrogen-bond acceptors (Lipinski definition) is 2. The first-order valence-corrected chi connectivity index (χ1v) is 4.97. The van der Waals surface area contributed by atoms with Gasteiger partial charge in [0.2, 0.25) is 0 Å². The molecule has 0 aliphatic carbocycles. The van der Waals surface area contributed by atoms with Crippen LogP contribution in [0.5, 0.6) is 0 Å². The first-order valence-electron chi connectivity index (χ1n) is 4.59. The third-order valence-corrected chi connectivity index (χ3v) is 2.25. The van der Waals surface area contributed by atoms with Crippen LogP contribution in [-0.2, 0) is 0 Å². The Labute approximate surface area is 88.7 Å². The molecule has 0 radical (unpaired) electrons. The van der Waals surface area contributed by atoms with Gasteiger partial charge in [-0.1, -0.05) is 11.6 Å². The standard InChI is InChI=1S/C10H13ClN2O/c1-3-13(4-2)10(14)8-5-6-9(11)12-7-8/h5-7H,3-4H2,1-2H3. The van der Waals surface area contributed by atoms with E-state index < -0.39 is 0 Å². The van der Waals surface area contributed by atoms with Crippen molar-refractivity contribution in [3.8, 4) is 0 Å². The quantitative estimate of drug-likeness (QED) is 0.720. The molecular formula is C10H13ClN2O. The van der Waals surface area contributed by atoms with Gasteiger partial charge in [0, 0.05) is 19.3 Å². The Kier molecular flexibility index (Phi) is 3.89. The molecule has 0 atom stereocenters. The van der Waals surface area contributed by atoms with Crippen LogP contribution in [0.2, 0.25) is 5.15 Å². The van der Waals surface area contributed by atoms with Gasteiger partial charge in [0.25, 0.3) is 5.91 Å². The van der Waals surface area contributed by atoms with Crippen molar-refractivity contribution in [2.45, 2.75) is 13.8 Å². The number of aromatic nitrogens is 1. The van der Waals surface area contributed by atoms with Gasteiger partial charge in [0.05, 0.1) is 5.56 Å². The molecule has 0 spiro atoms. The second kappa shape index (κ2) is 4.96. The van der Waals surface area contributed by atoms with Gasteiger partial charge >= 0.3 is 0 Å². The molecule has 0 N–H and O–H groups in total. The molecule has 4 heteroatoms. The lowest BCUT2D eigenvalue weighted by Gasteiger charge is -2.18. The van der Waals surface area contributed by atoms with E-state index >= 15 is 0 Å². The number of nitrogens with zero attached hydrogens (tertiary/aromatic N) is 2. The lowest BCUT2D eigenvalue weighted by atomic mass is 10.2. The van der Waals surface area contributed by atoms with Gasteiger partial charge in [-0.25, -0.2) is 4.98 Å². The zero-order valence-electron chi connectivity index (χ0n) is 8.33. The van der Waals surface area contributed by atoms with Gasteiger partial charge in [-0.3, -0.25) is 4.79 Å². The van der Waals surface area contributed by atoms with Crippen LogP contribution in [0.3, 0.4) is 0 Å². The molecule has 1 amide bonds. The fourth-order valence-electron chi connectivity index (χ4n) is 1.20. The zero-order chi connectivity index (χ0) is 10.6. The summed E-state index contributed by atoms with van der Waals surface area (Å²) in [4.78, 5) is 17.4. The van der Waals surface area contributed by atoms with E-state index in [1.807, 2.05) is 13.8 Å². The summed E-state index contributed by atoms with van der Waals surface area (Å²) in [5, 5.41) is 0.404. The fraction of sp³-hybridized carbons (Fsp3) is 0.400.